The smallest absolute Gasteiger partial charge is 0.407 e. The summed E-state index contributed by atoms with van der Waals surface area (Å²) in [7, 11) is -3.49. The van der Waals surface area contributed by atoms with E-state index >= 15 is 0 Å². The SMILES string of the molecule is CC[C@H](COS(C)(=O)=O)NC(=O)OC(C)(C)C. The van der Waals surface area contributed by atoms with Crippen LogP contribution in [0.25, 0.3) is 0 Å². The van der Waals surface area contributed by atoms with Gasteiger partial charge in [-0.05, 0) is 27.2 Å². The number of alkyl carbamates (subject to hydrolysis) is 1. The topological polar surface area (TPSA) is 81.7 Å². The van der Waals surface area contributed by atoms with Crippen LogP contribution in [-0.4, -0.2) is 39.0 Å². The molecule has 17 heavy (non-hydrogen) atoms. The van der Waals surface area contributed by atoms with Gasteiger partial charge in [-0.1, -0.05) is 6.92 Å². The van der Waals surface area contributed by atoms with Crippen LogP contribution in [0, 0.1) is 0 Å². The molecule has 0 fully saturated rings. The molecule has 0 aliphatic carbocycles. The van der Waals surface area contributed by atoms with E-state index < -0.39 is 21.8 Å². The molecule has 0 saturated carbocycles. The van der Waals surface area contributed by atoms with Crippen LogP contribution in [0.4, 0.5) is 4.79 Å². The second kappa shape index (κ2) is 6.20. The van der Waals surface area contributed by atoms with Crippen LogP contribution in [0.15, 0.2) is 0 Å². The lowest BCUT2D eigenvalue weighted by Crippen LogP contribution is -2.41. The van der Waals surface area contributed by atoms with Crippen molar-refractivity contribution in [3.05, 3.63) is 0 Å². The third-order valence-corrected chi connectivity index (χ3v) is 2.26. The molecule has 0 aromatic carbocycles. The zero-order valence-electron chi connectivity index (χ0n) is 10.9. The Morgan fingerprint density at radius 2 is 1.88 bits per heavy atom. The van der Waals surface area contributed by atoms with Gasteiger partial charge in [0.15, 0.2) is 0 Å². The van der Waals surface area contributed by atoms with E-state index in [1.165, 1.54) is 0 Å². The molecule has 102 valence electrons. The summed E-state index contributed by atoms with van der Waals surface area (Å²) in [6, 6.07) is -0.389. The Morgan fingerprint density at radius 1 is 1.35 bits per heavy atom. The first kappa shape index (κ1) is 16.2. The highest BCUT2D eigenvalue weighted by molar-refractivity contribution is 7.85. The van der Waals surface area contributed by atoms with E-state index in [0.29, 0.717) is 6.42 Å². The first-order valence-corrected chi connectivity index (χ1v) is 7.19. The molecule has 0 radical (unpaired) electrons. The summed E-state index contributed by atoms with van der Waals surface area (Å²) in [5.74, 6) is 0. The van der Waals surface area contributed by atoms with Crippen molar-refractivity contribution in [2.75, 3.05) is 12.9 Å². The minimum absolute atomic E-state index is 0.0887. The third-order valence-electron chi connectivity index (χ3n) is 1.70. The molecule has 1 amide bonds. The minimum atomic E-state index is -3.49. The molecule has 0 saturated heterocycles. The number of carbonyl (C=O) groups is 1. The van der Waals surface area contributed by atoms with E-state index in [0.717, 1.165) is 6.26 Å². The number of hydrogen-bond donors (Lipinski definition) is 1. The van der Waals surface area contributed by atoms with Gasteiger partial charge >= 0.3 is 6.09 Å². The molecule has 0 heterocycles. The Labute approximate surface area is 103 Å². The molecule has 1 atom stereocenters. The summed E-state index contributed by atoms with van der Waals surface area (Å²) < 4.78 is 31.3. The number of carbonyl (C=O) groups excluding carboxylic acids is 1. The lowest BCUT2D eigenvalue weighted by Gasteiger charge is -2.22. The van der Waals surface area contributed by atoms with Gasteiger partial charge in [0.1, 0.15) is 5.60 Å². The van der Waals surface area contributed by atoms with Crippen LogP contribution in [0.1, 0.15) is 34.1 Å². The monoisotopic (exact) mass is 267 g/mol. The average molecular weight is 267 g/mol. The Morgan fingerprint density at radius 3 is 2.24 bits per heavy atom. The summed E-state index contributed by atoms with van der Waals surface area (Å²) in [6.07, 6.45) is 0.934. The highest BCUT2D eigenvalue weighted by atomic mass is 32.2. The molecule has 0 aromatic heterocycles. The molecule has 0 unspecified atom stereocenters. The molecule has 0 aromatic rings. The molecule has 0 bridgehead atoms. The number of amides is 1. The van der Waals surface area contributed by atoms with Crippen LogP contribution in [0.3, 0.4) is 0 Å². The number of nitrogens with one attached hydrogen (secondary N) is 1. The Kier molecular flexibility index (Phi) is 5.91. The van der Waals surface area contributed by atoms with Crippen LogP contribution in [0.2, 0.25) is 0 Å². The maximum Gasteiger partial charge on any atom is 0.407 e. The van der Waals surface area contributed by atoms with E-state index in [-0.39, 0.29) is 12.6 Å². The lowest BCUT2D eigenvalue weighted by atomic mass is 10.2. The molecule has 7 heteroatoms. The van der Waals surface area contributed by atoms with Crippen LogP contribution < -0.4 is 5.32 Å². The van der Waals surface area contributed by atoms with Crippen molar-refractivity contribution in [3.8, 4) is 0 Å². The van der Waals surface area contributed by atoms with E-state index in [2.05, 4.69) is 9.50 Å². The van der Waals surface area contributed by atoms with Crippen molar-refractivity contribution in [2.45, 2.75) is 45.8 Å². The van der Waals surface area contributed by atoms with Gasteiger partial charge in [0.05, 0.1) is 18.9 Å². The molecule has 0 aliphatic rings. The van der Waals surface area contributed by atoms with Gasteiger partial charge in [0, 0.05) is 0 Å². The van der Waals surface area contributed by atoms with Crippen molar-refractivity contribution < 1.29 is 22.1 Å². The van der Waals surface area contributed by atoms with Crippen molar-refractivity contribution >= 4 is 16.2 Å². The van der Waals surface area contributed by atoms with Crippen LogP contribution in [0.5, 0.6) is 0 Å². The van der Waals surface area contributed by atoms with Gasteiger partial charge in [0.25, 0.3) is 10.1 Å². The Balaban J connectivity index is 4.18. The Bertz CT molecular complexity index is 344. The van der Waals surface area contributed by atoms with Gasteiger partial charge in [-0.3, -0.25) is 4.18 Å². The second-order valence-electron chi connectivity index (χ2n) is 4.74. The van der Waals surface area contributed by atoms with Crippen molar-refractivity contribution in [1.29, 1.82) is 0 Å². The molecule has 6 nitrogen and oxygen atoms in total. The van der Waals surface area contributed by atoms with Crippen molar-refractivity contribution in [2.24, 2.45) is 0 Å². The summed E-state index contributed by atoms with van der Waals surface area (Å²) in [5, 5.41) is 2.55. The molecular formula is C10H21NO5S. The standard InChI is InChI=1S/C10H21NO5S/c1-6-8(7-15-17(5,13)14)11-9(12)16-10(2,3)4/h8H,6-7H2,1-5H3,(H,11,12)/t8-/m1/s1. The van der Waals surface area contributed by atoms with E-state index in [1.807, 2.05) is 6.92 Å². The van der Waals surface area contributed by atoms with Crippen molar-refractivity contribution in [1.82, 2.24) is 5.32 Å². The van der Waals surface area contributed by atoms with Crippen LogP contribution in [-0.2, 0) is 19.0 Å². The second-order valence-corrected chi connectivity index (χ2v) is 6.38. The fourth-order valence-corrected chi connectivity index (χ4v) is 1.35. The fraction of sp³-hybridized carbons (Fsp3) is 0.900. The largest absolute Gasteiger partial charge is 0.444 e. The summed E-state index contributed by atoms with van der Waals surface area (Å²) in [4.78, 5) is 11.4. The summed E-state index contributed by atoms with van der Waals surface area (Å²) in [6.45, 7) is 6.98. The highest BCUT2D eigenvalue weighted by Crippen LogP contribution is 2.07. The maximum atomic E-state index is 11.4. The van der Waals surface area contributed by atoms with E-state index in [4.69, 9.17) is 4.74 Å². The highest BCUT2D eigenvalue weighted by Gasteiger charge is 2.19. The predicted octanol–water partition coefficient (Wildman–Crippen LogP) is 1.27. The van der Waals surface area contributed by atoms with Crippen molar-refractivity contribution in [3.63, 3.8) is 0 Å². The fourth-order valence-electron chi connectivity index (χ4n) is 0.942. The molecule has 0 spiro atoms. The zero-order chi connectivity index (χ0) is 13.7. The first-order chi connectivity index (χ1) is 7.53. The maximum absolute atomic E-state index is 11.4. The molecule has 1 N–H and O–H groups in total. The normalized spacial score (nSPS) is 14.2. The summed E-state index contributed by atoms with van der Waals surface area (Å²) in [5.41, 5.74) is -0.583. The van der Waals surface area contributed by atoms with Gasteiger partial charge in [-0.15, -0.1) is 0 Å². The van der Waals surface area contributed by atoms with Gasteiger partial charge in [-0.2, -0.15) is 8.42 Å². The Hall–Kier alpha value is -0.820. The van der Waals surface area contributed by atoms with Crippen LogP contribution >= 0.6 is 0 Å². The quantitative estimate of drug-likeness (QED) is 0.758. The molecular weight excluding hydrogens is 246 g/mol. The average Bonchev–Trinajstić information content (AvgIpc) is 2.07. The minimum Gasteiger partial charge on any atom is -0.444 e. The first-order valence-electron chi connectivity index (χ1n) is 5.37. The zero-order valence-corrected chi connectivity index (χ0v) is 11.8. The molecule has 0 rings (SSSR count). The molecule has 0 aliphatic heterocycles. The number of hydrogen-bond acceptors (Lipinski definition) is 5. The van der Waals surface area contributed by atoms with Gasteiger partial charge < -0.3 is 10.1 Å². The lowest BCUT2D eigenvalue weighted by molar-refractivity contribution is 0.0487. The van der Waals surface area contributed by atoms with E-state index in [1.54, 1.807) is 20.8 Å². The predicted molar refractivity (Wildman–Crippen MR) is 64.2 cm³/mol. The van der Waals surface area contributed by atoms with Gasteiger partial charge in [0.2, 0.25) is 0 Å². The summed E-state index contributed by atoms with van der Waals surface area (Å²) >= 11 is 0. The number of rotatable bonds is 5. The number of ether oxygens (including phenoxy) is 1. The third kappa shape index (κ3) is 10.1. The van der Waals surface area contributed by atoms with E-state index in [9.17, 15) is 13.2 Å². The van der Waals surface area contributed by atoms with Gasteiger partial charge in [-0.25, -0.2) is 4.79 Å².